The largest absolute Gasteiger partial charge is 0.466 e. The summed E-state index contributed by atoms with van der Waals surface area (Å²) in [5.74, 6) is -1.82. The Labute approximate surface area is 176 Å². The molecule has 7 nitrogen and oxygen atoms in total. The van der Waals surface area contributed by atoms with Gasteiger partial charge in [0.2, 0.25) is 0 Å². The zero-order chi connectivity index (χ0) is 21.4. The third-order valence-electron chi connectivity index (χ3n) is 4.50. The number of benzene rings is 1. The highest BCUT2D eigenvalue weighted by molar-refractivity contribution is 6.31. The molecule has 1 heterocycles. The van der Waals surface area contributed by atoms with E-state index in [9.17, 15) is 9.59 Å². The van der Waals surface area contributed by atoms with E-state index in [1.54, 1.807) is 38.1 Å². The molecule has 8 heteroatoms. The summed E-state index contributed by atoms with van der Waals surface area (Å²) in [6.45, 7) is 4.96. The average molecular weight is 423 g/mol. The fraction of sp³-hybridized carbons (Fsp3) is 0.429. The Balaban J connectivity index is 2.62. The smallest absolute Gasteiger partial charge is 0.336 e. The molecule has 29 heavy (non-hydrogen) atoms. The van der Waals surface area contributed by atoms with Crippen LogP contribution < -0.4 is 10.6 Å². The maximum atomic E-state index is 12.9. The first-order chi connectivity index (χ1) is 14.0. The molecule has 2 N–H and O–H groups in total. The fourth-order valence-corrected chi connectivity index (χ4v) is 3.45. The lowest BCUT2D eigenvalue weighted by Gasteiger charge is -2.31. The fourth-order valence-electron chi connectivity index (χ4n) is 3.21. The Morgan fingerprint density at radius 1 is 1.21 bits per heavy atom. The van der Waals surface area contributed by atoms with E-state index in [4.69, 9.17) is 25.8 Å². The molecule has 0 saturated heterocycles. The zero-order valence-electron chi connectivity index (χ0n) is 17.1. The van der Waals surface area contributed by atoms with Crippen molar-refractivity contribution in [2.24, 2.45) is 0 Å². The molecule has 0 unspecified atom stereocenters. The number of hydrogen-bond donors (Lipinski definition) is 2. The van der Waals surface area contributed by atoms with Crippen molar-refractivity contribution in [3.05, 3.63) is 57.4 Å². The number of dihydropyridines is 1. The van der Waals surface area contributed by atoms with Gasteiger partial charge in [-0.2, -0.15) is 0 Å². The number of esters is 2. The van der Waals surface area contributed by atoms with Crippen LogP contribution in [0.3, 0.4) is 0 Å². The molecule has 0 amide bonds. The minimum atomic E-state index is -0.737. The summed E-state index contributed by atoms with van der Waals surface area (Å²) in [6.07, 6.45) is 0. The van der Waals surface area contributed by atoms with Crippen molar-refractivity contribution in [1.29, 1.82) is 0 Å². The first-order valence-corrected chi connectivity index (χ1v) is 9.77. The Kier molecular flexibility index (Phi) is 8.70. The first-order valence-electron chi connectivity index (χ1n) is 9.39. The minimum absolute atomic E-state index is 0.155. The van der Waals surface area contributed by atoms with Crippen LogP contribution >= 0.6 is 11.6 Å². The monoisotopic (exact) mass is 422 g/mol. The summed E-state index contributed by atoms with van der Waals surface area (Å²) in [6, 6.07) is 7.10. The van der Waals surface area contributed by atoms with E-state index in [1.807, 2.05) is 7.05 Å². The van der Waals surface area contributed by atoms with Crippen LogP contribution in [-0.2, 0) is 23.8 Å². The molecule has 0 radical (unpaired) electrons. The van der Waals surface area contributed by atoms with E-state index in [0.29, 0.717) is 40.7 Å². The van der Waals surface area contributed by atoms with Crippen LogP contribution in [0, 0.1) is 0 Å². The molecule has 1 aromatic rings. The third kappa shape index (κ3) is 5.38. The van der Waals surface area contributed by atoms with Crippen LogP contribution in [0.15, 0.2) is 46.8 Å². The van der Waals surface area contributed by atoms with Crippen LogP contribution in [0.2, 0.25) is 5.02 Å². The molecule has 0 fully saturated rings. The van der Waals surface area contributed by atoms with Gasteiger partial charge in [-0.15, -0.1) is 0 Å². The van der Waals surface area contributed by atoms with Gasteiger partial charge < -0.3 is 24.8 Å². The van der Waals surface area contributed by atoms with Gasteiger partial charge in [-0.3, -0.25) is 0 Å². The van der Waals surface area contributed by atoms with Crippen LogP contribution in [0.1, 0.15) is 25.3 Å². The quantitative estimate of drug-likeness (QED) is 0.467. The molecule has 1 aliphatic heterocycles. The lowest BCUT2D eigenvalue weighted by atomic mass is 9.80. The number of rotatable bonds is 9. The number of nitrogens with one attached hydrogen (secondary N) is 2. The van der Waals surface area contributed by atoms with Gasteiger partial charge >= 0.3 is 11.9 Å². The summed E-state index contributed by atoms with van der Waals surface area (Å²) >= 11 is 6.45. The zero-order valence-corrected chi connectivity index (χ0v) is 17.9. The second kappa shape index (κ2) is 11.0. The highest BCUT2D eigenvalue weighted by Crippen LogP contribution is 2.41. The molecule has 0 aliphatic carbocycles. The van der Waals surface area contributed by atoms with Crippen LogP contribution in [0.25, 0.3) is 0 Å². The standard InChI is InChI=1S/C21H27ClN2O5/c1-5-29-21(26)19-16(12-28-11-10-23-3)24-13(2)17(20(25)27-4)18(19)14-8-6-7-9-15(14)22/h6-9,18,23-24H,5,10-12H2,1-4H3/t18-/m1/s1. The number of allylic oxidation sites excluding steroid dienone is 1. The van der Waals surface area contributed by atoms with Gasteiger partial charge in [0, 0.05) is 17.3 Å². The Morgan fingerprint density at radius 3 is 2.55 bits per heavy atom. The van der Waals surface area contributed by atoms with Crippen molar-refractivity contribution in [3.63, 3.8) is 0 Å². The van der Waals surface area contributed by atoms with E-state index in [-0.39, 0.29) is 18.8 Å². The number of methoxy groups -OCH3 is 1. The predicted octanol–water partition coefficient (Wildman–Crippen LogP) is 2.53. The molecule has 0 spiro atoms. The summed E-state index contributed by atoms with van der Waals surface area (Å²) in [7, 11) is 3.13. The molecule has 158 valence electrons. The van der Waals surface area contributed by atoms with E-state index in [2.05, 4.69) is 10.6 Å². The van der Waals surface area contributed by atoms with E-state index < -0.39 is 17.9 Å². The topological polar surface area (TPSA) is 85.9 Å². The average Bonchev–Trinajstić information content (AvgIpc) is 2.70. The van der Waals surface area contributed by atoms with Crippen molar-refractivity contribution < 1.29 is 23.8 Å². The Morgan fingerprint density at radius 2 is 1.93 bits per heavy atom. The van der Waals surface area contributed by atoms with Gasteiger partial charge in [-0.05, 0) is 32.5 Å². The second-order valence-electron chi connectivity index (χ2n) is 6.38. The van der Waals surface area contributed by atoms with Gasteiger partial charge in [0.1, 0.15) is 0 Å². The lowest BCUT2D eigenvalue weighted by molar-refractivity contribution is -0.139. The van der Waals surface area contributed by atoms with Gasteiger partial charge in [-0.1, -0.05) is 29.8 Å². The first kappa shape index (κ1) is 22.9. The van der Waals surface area contributed by atoms with Gasteiger partial charge in [0.15, 0.2) is 0 Å². The highest BCUT2D eigenvalue weighted by atomic mass is 35.5. The molecule has 0 bridgehead atoms. The van der Waals surface area contributed by atoms with E-state index >= 15 is 0 Å². The van der Waals surface area contributed by atoms with Crippen molar-refractivity contribution in [2.45, 2.75) is 19.8 Å². The maximum Gasteiger partial charge on any atom is 0.336 e. The summed E-state index contributed by atoms with van der Waals surface area (Å²) < 4.78 is 16.0. The number of hydrogen-bond acceptors (Lipinski definition) is 7. The summed E-state index contributed by atoms with van der Waals surface area (Å²) in [5, 5.41) is 6.57. The Hall–Kier alpha value is -2.35. The van der Waals surface area contributed by atoms with Gasteiger partial charge in [0.05, 0.1) is 49.7 Å². The maximum absolute atomic E-state index is 12.9. The molecule has 0 saturated carbocycles. The summed E-state index contributed by atoms with van der Waals surface area (Å²) in [5.41, 5.74) is 2.32. The molecule has 0 aromatic heterocycles. The minimum Gasteiger partial charge on any atom is -0.466 e. The molecule has 1 aliphatic rings. The van der Waals surface area contributed by atoms with Crippen LogP contribution in [-0.4, -0.2) is 52.5 Å². The van der Waals surface area contributed by atoms with E-state index in [0.717, 1.165) is 0 Å². The van der Waals surface area contributed by atoms with Gasteiger partial charge in [0.25, 0.3) is 0 Å². The van der Waals surface area contributed by atoms with Crippen LogP contribution in [0.5, 0.6) is 0 Å². The van der Waals surface area contributed by atoms with E-state index in [1.165, 1.54) is 7.11 Å². The number of likely N-dealkylation sites (N-methyl/N-ethyl adjacent to an activating group) is 1. The van der Waals surface area contributed by atoms with Crippen molar-refractivity contribution in [3.8, 4) is 0 Å². The number of halogens is 1. The molecule has 1 atom stereocenters. The molecule has 2 rings (SSSR count). The third-order valence-corrected chi connectivity index (χ3v) is 4.85. The number of carbonyl (C=O) groups excluding carboxylic acids is 2. The lowest BCUT2D eigenvalue weighted by Crippen LogP contribution is -2.35. The second-order valence-corrected chi connectivity index (χ2v) is 6.79. The van der Waals surface area contributed by atoms with Crippen molar-refractivity contribution in [2.75, 3.05) is 40.5 Å². The number of carbonyl (C=O) groups is 2. The van der Waals surface area contributed by atoms with Crippen LogP contribution in [0.4, 0.5) is 0 Å². The predicted molar refractivity (Wildman–Crippen MR) is 110 cm³/mol. The SMILES string of the molecule is CCOC(=O)C1=C(COCCNC)NC(C)=C(C(=O)OC)[C@H]1c1ccccc1Cl. The Bertz CT molecular complexity index is 819. The summed E-state index contributed by atoms with van der Waals surface area (Å²) in [4.78, 5) is 25.6. The highest BCUT2D eigenvalue weighted by Gasteiger charge is 2.39. The molecular weight excluding hydrogens is 396 g/mol. The van der Waals surface area contributed by atoms with Crippen molar-refractivity contribution >= 4 is 23.5 Å². The van der Waals surface area contributed by atoms with Crippen molar-refractivity contribution in [1.82, 2.24) is 10.6 Å². The normalized spacial score (nSPS) is 16.5. The number of ether oxygens (including phenoxy) is 3. The molecule has 1 aromatic carbocycles. The van der Waals surface area contributed by atoms with Gasteiger partial charge in [-0.25, -0.2) is 9.59 Å². The molecular formula is C21H27ClN2O5.